The van der Waals surface area contributed by atoms with E-state index in [1.165, 1.54) is 5.56 Å². The van der Waals surface area contributed by atoms with Gasteiger partial charge in [-0.3, -0.25) is 0 Å². The van der Waals surface area contributed by atoms with Gasteiger partial charge < -0.3 is 10.3 Å². The highest BCUT2D eigenvalue weighted by Crippen LogP contribution is 2.23. The summed E-state index contributed by atoms with van der Waals surface area (Å²) >= 11 is 0. The number of nitrogens with one attached hydrogen (secondary N) is 2. The minimum Gasteiger partial charge on any atom is -0.345 e. The van der Waals surface area contributed by atoms with Gasteiger partial charge in [-0.2, -0.15) is 0 Å². The maximum atomic E-state index is 4.47. The van der Waals surface area contributed by atoms with Crippen molar-refractivity contribution in [3.8, 4) is 11.4 Å². The van der Waals surface area contributed by atoms with Gasteiger partial charge in [-0.05, 0) is 31.9 Å². The van der Waals surface area contributed by atoms with E-state index >= 15 is 0 Å². The van der Waals surface area contributed by atoms with E-state index in [2.05, 4.69) is 37.2 Å². The van der Waals surface area contributed by atoms with Crippen molar-refractivity contribution in [3.63, 3.8) is 0 Å². The molecule has 0 unspecified atom stereocenters. The molecule has 0 aromatic carbocycles. The lowest BCUT2D eigenvalue weighted by molar-refractivity contribution is 1.01. The minimum absolute atomic E-state index is 0.741. The molecular formula is C16H18N6. The Bertz CT molecular complexity index is 759. The van der Waals surface area contributed by atoms with Crippen LogP contribution in [0.2, 0.25) is 0 Å². The van der Waals surface area contributed by atoms with Crippen LogP contribution in [0.25, 0.3) is 11.4 Å². The van der Waals surface area contributed by atoms with E-state index < -0.39 is 0 Å². The van der Waals surface area contributed by atoms with E-state index in [1.54, 1.807) is 6.20 Å². The summed E-state index contributed by atoms with van der Waals surface area (Å²) in [4.78, 5) is 20.5. The van der Waals surface area contributed by atoms with Crippen LogP contribution in [0, 0.1) is 13.8 Å². The molecule has 0 radical (unpaired) electrons. The van der Waals surface area contributed by atoms with Crippen LogP contribution >= 0.6 is 0 Å². The zero-order chi connectivity index (χ0) is 15.5. The van der Waals surface area contributed by atoms with Gasteiger partial charge in [0.2, 0.25) is 0 Å². The van der Waals surface area contributed by atoms with Crippen LogP contribution in [0.5, 0.6) is 0 Å². The summed E-state index contributed by atoms with van der Waals surface area (Å²) in [7, 11) is 0. The number of hydrogen-bond acceptors (Lipinski definition) is 5. The van der Waals surface area contributed by atoms with Gasteiger partial charge in [-0.15, -0.1) is 0 Å². The predicted octanol–water partition coefficient (Wildman–Crippen LogP) is 3.18. The summed E-state index contributed by atoms with van der Waals surface area (Å²) in [5.74, 6) is 3.10. The van der Waals surface area contributed by atoms with Crippen LogP contribution in [-0.2, 0) is 6.42 Å². The summed E-state index contributed by atoms with van der Waals surface area (Å²) in [5, 5.41) is 3.24. The number of aryl methyl sites for hydroxylation is 3. The van der Waals surface area contributed by atoms with Crippen molar-refractivity contribution in [2.45, 2.75) is 27.2 Å². The Morgan fingerprint density at radius 1 is 1.09 bits per heavy atom. The molecule has 0 aliphatic carbocycles. The Kier molecular flexibility index (Phi) is 3.82. The van der Waals surface area contributed by atoms with Crippen LogP contribution in [-0.4, -0.2) is 24.9 Å². The molecule has 0 bridgehead atoms. The molecule has 3 heterocycles. The third-order valence-electron chi connectivity index (χ3n) is 3.35. The molecule has 0 saturated heterocycles. The number of pyridine rings is 1. The first-order valence-electron chi connectivity index (χ1n) is 7.23. The minimum atomic E-state index is 0.741. The van der Waals surface area contributed by atoms with E-state index in [0.29, 0.717) is 0 Å². The third-order valence-corrected chi connectivity index (χ3v) is 3.35. The lowest BCUT2D eigenvalue weighted by Crippen LogP contribution is -2.01. The van der Waals surface area contributed by atoms with E-state index in [4.69, 9.17) is 0 Å². The Labute approximate surface area is 129 Å². The first kappa shape index (κ1) is 14.2. The summed E-state index contributed by atoms with van der Waals surface area (Å²) in [6.45, 7) is 5.94. The van der Waals surface area contributed by atoms with Crippen LogP contribution < -0.4 is 5.32 Å². The standard InChI is InChI=1S/C16H18N6/c1-4-12-8-14(19-9-13(12)16-17-5-6-18-16)22-15-7-10(2)20-11(3)21-15/h5-9H,4H2,1-3H3,(H,17,18)(H,19,20,21,22). The fourth-order valence-electron chi connectivity index (χ4n) is 2.40. The van der Waals surface area contributed by atoms with Gasteiger partial charge in [0, 0.05) is 35.9 Å². The second kappa shape index (κ2) is 5.93. The van der Waals surface area contributed by atoms with Crippen molar-refractivity contribution in [3.05, 3.63) is 47.8 Å². The highest BCUT2D eigenvalue weighted by Gasteiger charge is 2.09. The number of imidazole rings is 1. The van der Waals surface area contributed by atoms with Gasteiger partial charge in [-0.25, -0.2) is 19.9 Å². The summed E-state index contributed by atoms with van der Waals surface area (Å²) in [6, 6.07) is 3.94. The lowest BCUT2D eigenvalue weighted by Gasteiger charge is -2.10. The first-order valence-corrected chi connectivity index (χ1v) is 7.23. The zero-order valence-corrected chi connectivity index (χ0v) is 12.9. The van der Waals surface area contributed by atoms with Gasteiger partial charge in [0.25, 0.3) is 0 Å². The van der Waals surface area contributed by atoms with Gasteiger partial charge in [0.05, 0.1) is 0 Å². The predicted molar refractivity (Wildman–Crippen MR) is 86.0 cm³/mol. The molecule has 3 aromatic rings. The molecule has 0 aliphatic rings. The molecule has 0 spiro atoms. The molecule has 3 rings (SSSR count). The number of rotatable bonds is 4. The van der Waals surface area contributed by atoms with Crippen LogP contribution in [0.1, 0.15) is 24.0 Å². The average Bonchev–Trinajstić information content (AvgIpc) is 3.00. The summed E-state index contributed by atoms with van der Waals surface area (Å²) in [5.41, 5.74) is 3.13. The molecule has 0 amide bonds. The van der Waals surface area contributed by atoms with Crippen LogP contribution in [0.3, 0.4) is 0 Å². The fourth-order valence-corrected chi connectivity index (χ4v) is 2.40. The molecule has 0 fully saturated rings. The smallest absolute Gasteiger partial charge is 0.139 e. The summed E-state index contributed by atoms with van der Waals surface area (Å²) < 4.78 is 0. The zero-order valence-electron chi connectivity index (χ0n) is 12.9. The van der Waals surface area contributed by atoms with E-state index in [9.17, 15) is 0 Å². The second-order valence-corrected chi connectivity index (χ2v) is 5.08. The maximum Gasteiger partial charge on any atom is 0.139 e. The number of anilines is 2. The van der Waals surface area contributed by atoms with Gasteiger partial charge >= 0.3 is 0 Å². The number of aromatic nitrogens is 5. The topological polar surface area (TPSA) is 79.4 Å². The van der Waals surface area contributed by atoms with Crippen molar-refractivity contribution < 1.29 is 0 Å². The Morgan fingerprint density at radius 2 is 1.95 bits per heavy atom. The van der Waals surface area contributed by atoms with Gasteiger partial charge in [0.1, 0.15) is 23.3 Å². The Hall–Kier alpha value is -2.76. The second-order valence-electron chi connectivity index (χ2n) is 5.08. The molecule has 0 aliphatic heterocycles. The van der Waals surface area contributed by atoms with Gasteiger partial charge in [-0.1, -0.05) is 6.92 Å². The molecule has 2 N–H and O–H groups in total. The van der Waals surface area contributed by atoms with E-state index in [-0.39, 0.29) is 0 Å². The number of H-pyrrole nitrogens is 1. The molecule has 0 atom stereocenters. The van der Waals surface area contributed by atoms with Crippen molar-refractivity contribution in [1.82, 2.24) is 24.9 Å². The van der Waals surface area contributed by atoms with Crippen molar-refractivity contribution in [2.24, 2.45) is 0 Å². The molecule has 6 heteroatoms. The highest BCUT2D eigenvalue weighted by atomic mass is 15.1. The first-order chi connectivity index (χ1) is 10.7. The monoisotopic (exact) mass is 294 g/mol. The van der Waals surface area contributed by atoms with Crippen molar-refractivity contribution in [2.75, 3.05) is 5.32 Å². The number of nitrogens with zero attached hydrogens (tertiary/aromatic N) is 4. The normalized spacial score (nSPS) is 10.7. The molecule has 112 valence electrons. The SMILES string of the molecule is CCc1cc(Nc2cc(C)nc(C)n2)ncc1-c1ncc[nH]1. The molecule has 0 saturated carbocycles. The van der Waals surface area contributed by atoms with Crippen LogP contribution in [0.15, 0.2) is 30.7 Å². The number of hydrogen-bond donors (Lipinski definition) is 2. The third kappa shape index (κ3) is 2.95. The largest absolute Gasteiger partial charge is 0.345 e. The quantitative estimate of drug-likeness (QED) is 0.772. The molecule has 3 aromatic heterocycles. The van der Waals surface area contributed by atoms with Crippen molar-refractivity contribution in [1.29, 1.82) is 0 Å². The summed E-state index contributed by atoms with van der Waals surface area (Å²) in [6.07, 6.45) is 6.29. The van der Waals surface area contributed by atoms with Gasteiger partial charge in [0.15, 0.2) is 0 Å². The number of aromatic amines is 1. The Morgan fingerprint density at radius 3 is 2.64 bits per heavy atom. The lowest BCUT2D eigenvalue weighted by atomic mass is 10.1. The molecular weight excluding hydrogens is 276 g/mol. The fraction of sp³-hybridized carbons (Fsp3) is 0.250. The highest BCUT2D eigenvalue weighted by molar-refractivity contribution is 5.63. The maximum absolute atomic E-state index is 4.47. The average molecular weight is 294 g/mol. The van der Waals surface area contributed by atoms with E-state index in [0.717, 1.165) is 41.0 Å². The molecule has 22 heavy (non-hydrogen) atoms. The van der Waals surface area contributed by atoms with Crippen molar-refractivity contribution >= 4 is 11.6 Å². The Balaban J connectivity index is 1.92. The van der Waals surface area contributed by atoms with E-state index in [1.807, 2.05) is 38.4 Å². The van der Waals surface area contributed by atoms with Crippen LogP contribution in [0.4, 0.5) is 11.6 Å². The molecule has 6 nitrogen and oxygen atoms in total.